The molecule has 1 spiro atoms. The van der Waals surface area contributed by atoms with E-state index in [1.807, 2.05) is 27.7 Å². The second-order valence-corrected chi connectivity index (χ2v) is 16.0. The SMILES string of the molecule is CC(C)(CO)C1OCC2(CO1)COC(C(C)(C)CO)OC2.CN1C(C)(C)CC(O)CC1(C)C.O=C(O)CC(C(=O)O)C(CC(=O)O)C(=O)O. The van der Waals surface area contributed by atoms with Gasteiger partial charge in [0.1, 0.15) is 0 Å². The second kappa shape index (κ2) is 17.7. The predicted octanol–water partition coefficient (Wildman–Crippen LogP) is 1.72. The zero-order valence-corrected chi connectivity index (χ0v) is 30.3. The number of likely N-dealkylation sites (tertiary alicyclic amines) is 1. The lowest BCUT2D eigenvalue weighted by molar-refractivity contribution is -0.337. The third-order valence-corrected chi connectivity index (χ3v) is 9.45. The van der Waals surface area contributed by atoms with E-state index in [1.165, 1.54) is 0 Å². The Balaban J connectivity index is 0.000000383. The fourth-order valence-electron chi connectivity index (χ4n) is 5.91. The molecule has 3 aliphatic heterocycles. The lowest BCUT2D eigenvalue weighted by Gasteiger charge is -2.52. The summed E-state index contributed by atoms with van der Waals surface area (Å²) in [5.74, 6) is -9.79. The van der Waals surface area contributed by atoms with Gasteiger partial charge in [-0.15, -0.1) is 0 Å². The van der Waals surface area contributed by atoms with Gasteiger partial charge in [0.15, 0.2) is 12.6 Å². The molecule has 0 aromatic rings. The zero-order chi connectivity index (χ0) is 38.2. The zero-order valence-electron chi connectivity index (χ0n) is 30.3. The minimum Gasteiger partial charge on any atom is -0.481 e. The molecule has 16 nitrogen and oxygen atoms in total. The number of ether oxygens (including phenoxy) is 4. The Bertz CT molecular complexity index is 1020. The molecule has 0 bridgehead atoms. The molecule has 0 aromatic heterocycles. The number of hydrogen-bond acceptors (Lipinski definition) is 12. The lowest BCUT2D eigenvalue weighted by atomic mass is 9.79. The van der Waals surface area contributed by atoms with E-state index in [-0.39, 0.29) is 35.8 Å². The van der Waals surface area contributed by atoms with Crippen LogP contribution in [0.4, 0.5) is 0 Å². The highest BCUT2D eigenvalue weighted by Gasteiger charge is 2.47. The van der Waals surface area contributed by atoms with Gasteiger partial charge in [-0.3, -0.25) is 24.1 Å². The number of carbonyl (C=O) groups is 4. The monoisotopic (exact) mass is 709 g/mol. The van der Waals surface area contributed by atoms with Gasteiger partial charge in [0.25, 0.3) is 0 Å². The van der Waals surface area contributed by atoms with Crippen LogP contribution in [0.15, 0.2) is 0 Å². The lowest BCUT2D eigenvalue weighted by Crippen LogP contribution is -2.59. The summed E-state index contributed by atoms with van der Waals surface area (Å²) in [5, 5.41) is 62.5. The fraction of sp³-hybridized carbons (Fsp3) is 0.879. The Kier molecular flexibility index (Phi) is 16.1. The summed E-state index contributed by atoms with van der Waals surface area (Å²) in [6.07, 6.45) is -1.07. The summed E-state index contributed by atoms with van der Waals surface area (Å²) in [7, 11) is 2.14. The molecule has 3 rings (SSSR count). The number of carboxylic acid groups (broad SMARTS) is 4. The Morgan fingerprint density at radius 1 is 0.673 bits per heavy atom. The van der Waals surface area contributed by atoms with E-state index in [9.17, 15) is 34.5 Å². The number of aliphatic hydroxyl groups is 3. The summed E-state index contributed by atoms with van der Waals surface area (Å²) < 4.78 is 23.1. The van der Waals surface area contributed by atoms with E-state index in [0.717, 1.165) is 12.8 Å². The van der Waals surface area contributed by atoms with Crippen LogP contribution in [0.25, 0.3) is 0 Å². The maximum absolute atomic E-state index is 10.6. The van der Waals surface area contributed by atoms with Gasteiger partial charge in [0, 0.05) is 21.9 Å². The van der Waals surface area contributed by atoms with Crippen LogP contribution in [0.1, 0.15) is 81.1 Å². The summed E-state index contributed by atoms with van der Waals surface area (Å²) in [6.45, 7) is 18.3. The molecule has 0 aromatic carbocycles. The molecule has 0 amide bonds. The minimum atomic E-state index is -1.76. The van der Waals surface area contributed by atoms with Gasteiger partial charge < -0.3 is 54.7 Å². The van der Waals surface area contributed by atoms with E-state index in [4.69, 9.17) is 39.4 Å². The number of piperidine rings is 1. The highest BCUT2D eigenvalue weighted by molar-refractivity contribution is 5.86. The normalized spacial score (nSPS) is 27.0. The Labute approximate surface area is 288 Å². The van der Waals surface area contributed by atoms with Gasteiger partial charge in [-0.2, -0.15) is 0 Å². The largest absolute Gasteiger partial charge is 0.481 e. The van der Waals surface area contributed by atoms with Crippen molar-refractivity contribution in [3.63, 3.8) is 0 Å². The number of rotatable bonds is 11. The van der Waals surface area contributed by atoms with Gasteiger partial charge in [0.05, 0.1) is 75.8 Å². The molecule has 3 fully saturated rings. The third-order valence-electron chi connectivity index (χ3n) is 9.45. The molecular formula is C33H59NO15. The van der Waals surface area contributed by atoms with Crippen LogP contribution >= 0.6 is 0 Å². The maximum Gasteiger partial charge on any atom is 0.307 e. The quantitative estimate of drug-likeness (QED) is 0.161. The van der Waals surface area contributed by atoms with Crippen LogP contribution in [-0.2, 0) is 38.1 Å². The predicted molar refractivity (Wildman–Crippen MR) is 173 cm³/mol. The van der Waals surface area contributed by atoms with Crippen molar-refractivity contribution in [2.75, 3.05) is 46.7 Å². The molecule has 3 saturated heterocycles. The number of carboxylic acids is 4. The molecule has 3 heterocycles. The van der Waals surface area contributed by atoms with Crippen LogP contribution in [-0.4, -0.2) is 141 Å². The van der Waals surface area contributed by atoms with E-state index < -0.39 is 72.0 Å². The molecule has 16 heteroatoms. The highest BCUT2D eigenvalue weighted by Crippen LogP contribution is 2.38. The van der Waals surface area contributed by atoms with Crippen molar-refractivity contribution in [3.8, 4) is 0 Å². The highest BCUT2D eigenvalue weighted by atomic mass is 16.7. The summed E-state index contributed by atoms with van der Waals surface area (Å²) in [5.41, 5.74) is -0.911. The van der Waals surface area contributed by atoms with Gasteiger partial charge in [-0.05, 0) is 47.6 Å². The van der Waals surface area contributed by atoms with Crippen molar-refractivity contribution in [2.45, 2.75) is 111 Å². The topological polar surface area (TPSA) is 250 Å². The van der Waals surface area contributed by atoms with Crippen molar-refractivity contribution >= 4 is 23.9 Å². The first-order valence-corrected chi connectivity index (χ1v) is 16.3. The number of aliphatic carboxylic acids is 4. The Hall–Kier alpha value is -2.44. The smallest absolute Gasteiger partial charge is 0.307 e. The van der Waals surface area contributed by atoms with Crippen LogP contribution in [0.3, 0.4) is 0 Å². The van der Waals surface area contributed by atoms with Crippen molar-refractivity contribution in [1.82, 2.24) is 4.90 Å². The summed E-state index contributed by atoms with van der Waals surface area (Å²) in [4.78, 5) is 44.3. The average molecular weight is 710 g/mol. The Morgan fingerprint density at radius 3 is 1.18 bits per heavy atom. The van der Waals surface area contributed by atoms with Crippen molar-refractivity contribution < 1.29 is 73.9 Å². The average Bonchev–Trinajstić information content (AvgIpc) is 2.98. The molecule has 0 radical (unpaired) electrons. The summed E-state index contributed by atoms with van der Waals surface area (Å²) in [6, 6.07) is 0. The fourth-order valence-corrected chi connectivity index (χ4v) is 5.91. The van der Waals surface area contributed by atoms with E-state index in [2.05, 4.69) is 39.6 Å². The molecule has 7 N–H and O–H groups in total. The van der Waals surface area contributed by atoms with Crippen molar-refractivity contribution in [2.24, 2.45) is 28.1 Å². The maximum atomic E-state index is 10.6. The molecule has 286 valence electrons. The van der Waals surface area contributed by atoms with Crippen molar-refractivity contribution in [3.05, 3.63) is 0 Å². The molecule has 49 heavy (non-hydrogen) atoms. The van der Waals surface area contributed by atoms with Crippen LogP contribution < -0.4 is 0 Å². The van der Waals surface area contributed by atoms with E-state index >= 15 is 0 Å². The van der Waals surface area contributed by atoms with E-state index in [0.29, 0.717) is 26.4 Å². The van der Waals surface area contributed by atoms with Crippen LogP contribution in [0.5, 0.6) is 0 Å². The summed E-state index contributed by atoms with van der Waals surface area (Å²) >= 11 is 0. The van der Waals surface area contributed by atoms with Crippen LogP contribution in [0, 0.1) is 28.1 Å². The van der Waals surface area contributed by atoms with Crippen LogP contribution in [0.2, 0.25) is 0 Å². The first-order chi connectivity index (χ1) is 22.3. The van der Waals surface area contributed by atoms with Crippen molar-refractivity contribution in [1.29, 1.82) is 0 Å². The second-order valence-electron chi connectivity index (χ2n) is 16.0. The molecule has 2 atom stereocenters. The first-order valence-electron chi connectivity index (χ1n) is 16.3. The van der Waals surface area contributed by atoms with Gasteiger partial charge in [-0.25, -0.2) is 0 Å². The first kappa shape index (κ1) is 44.6. The number of aliphatic hydroxyl groups excluding tert-OH is 3. The number of hydrogen-bond donors (Lipinski definition) is 7. The third kappa shape index (κ3) is 13.0. The Morgan fingerprint density at radius 2 is 0.959 bits per heavy atom. The minimum absolute atomic E-state index is 0.00440. The molecule has 0 saturated carbocycles. The van der Waals surface area contributed by atoms with Gasteiger partial charge in [-0.1, -0.05) is 27.7 Å². The molecule has 2 unspecified atom stereocenters. The molecular weight excluding hydrogens is 650 g/mol. The van der Waals surface area contributed by atoms with E-state index in [1.54, 1.807) is 0 Å². The molecule has 0 aliphatic carbocycles. The standard InChI is InChI=1S/C15H28O6.C10H21NO.C8H10O8/c1-13(2,5-16)11-18-7-15(8-19-11)9-20-12(21-10-15)14(3,4)6-17;1-9(2)6-8(12)7-10(3,4)11(9)5;9-5(10)1-3(7(13)14)4(8(15)16)2-6(11)12/h11-12,16-17H,5-10H2,1-4H3;8,12H,6-7H2,1-5H3;3-4H,1-2H2,(H,9,10)(H,11,12)(H,13,14)(H,15,16). The van der Waals surface area contributed by atoms with Gasteiger partial charge >= 0.3 is 23.9 Å². The van der Waals surface area contributed by atoms with Gasteiger partial charge in [0.2, 0.25) is 0 Å². The number of nitrogens with zero attached hydrogens (tertiary/aromatic N) is 1. The molecule has 3 aliphatic rings.